The number of anilines is 1. The summed E-state index contributed by atoms with van der Waals surface area (Å²) in [5.41, 5.74) is 1.03. The van der Waals surface area contributed by atoms with Gasteiger partial charge in [0.25, 0.3) is 11.2 Å². The van der Waals surface area contributed by atoms with Gasteiger partial charge >= 0.3 is 0 Å². The quantitative estimate of drug-likeness (QED) is 0.367. The minimum absolute atomic E-state index is 0.0526. The zero-order chi connectivity index (χ0) is 21.8. The molecule has 0 fully saturated rings. The number of nitro groups is 1. The van der Waals surface area contributed by atoms with Crippen molar-refractivity contribution in [2.75, 3.05) is 26.1 Å². The summed E-state index contributed by atoms with van der Waals surface area (Å²) < 4.78 is 5.81. The van der Waals surface area contributed by atoms with Gasteiger partial charge in [-0.3, -0.25) is 19.7 Å². The van der Waals surface area contributed by atoms with Crippen molar-refractivity contribution in [1.82, 2.24) is 4.98 Å². The van der Waals surface area contributed by atoms with E-state index in [1.54, 1.807) is 68.6 Å². The van der Waals surface area contributed by atoms with E-state index in [0.29, 0.717) is 31.8 Å². The fourth-order valence-electron chi connectivity index (χ4n) is 2.79. The van der Waals surface area contributed by atoms with E-state index in [1.165, 1.54) is 12.1 Å². The second kappa shape index (κ2) is 8.75. The summed E-state index contributed by atoms with van der Waals surface area (Å²) in [4.78, 5) is 39.9. The standard InChI is InChI=1S/C21H19N3O5S/c1-23(2)16-9-4-13(10-17(16)24(27)28)11-19-21(26)22-20(30-19)12-18(25)14-5-7-15(29-3)8-6-14/h4-12H,1-3H3,(H,22,26)/b19-11+,20-12+. The number of hydrogen-bond donors (Lipinski definition) is 1. The number of ketones is 1. The summed E-state index contributed by atoms with van der Waals surface area (Å²) in [5, 5.41) is 11.3. The molecule has 30 heavy (non-hydrogen) atoms. The number of thiazole rings is 1. The number of aromatic amines is 1. The minimum Gasteiger partial charge on any atom is -0.497 e. The maximum absolute atomic E-state index is 12.4. The highest BCUT2D eigenvalue weighted by Gasteiger charge is 2.15. The number of methoxy groups -OCH3 is 1. The first-order chi connectivity index (χ1) is 14.3. The molecule has 0 aliphatic heterocycles. The first-order valence-corrected chi connectivity index (χ1v) is 9.67. The molecule has 154 valence electrons. The van der Waals surface area contributed by atoms with Crippen molar-refractivity contribution < 1.29 is 14.5 Å². The molecule has 0 amide bonds. The van der Waals surface area contributed by atoms with Crippen molar-refractivity contribution in [3.63, 3.8) is 0 Å². The molecule has 0 saturated heterocycles. The lowest BCUT2D eigenvalue weighted by Gasteiger charge is -2.12. The maximum Gasteiger partial charge on any atom is 0.293 e. The van der Waals surface area contributed by atoms with Crippen molar-refractivity contribution in [2.45, 2.75) is 0 Å². The van der Waals surface area contributed by atoms with E-state index in [0.717, 1.165) is 11.3 Å². The normalized spacial score (nSPS) is 12.1. The third-order valence-corrected chi connectivity index (χ3v) is 5.26. The second-order valence-corrected chi connectivity index (χ2v) is 7.65. The number of carbonyl (C=O) groups excluding carboxylic acids is 1. The van der Waals surface area contributed by atoms with Crippen LogP contribution in [0.15, 0.2) is 47.3 Å². The Morgan fingerprint density at radius 3 is 2.50 bits per heavy atom. The summed E-state index contributed by atoms with van der Waals surface area (Å²) >= 11 is 1.10. The number of hydrogen-bond acceptors (Lipinski definition) is 7. The predicted octanol–water partition coefficient (Wildman–Crippen LogP) is 1.91. The topological polar surface area (TPSA) is 106 Å². The first-order valence-electron chi connectivity index (χ1n) is 8.85. The molecule has 3 rings (SSSR count). The van der Waals surface area contributed by atoms with Crippen LogP contribution in [0.4, 0.5) is 11.4 Å². The van der Waals surface area contributed by atoms with Crippen LogP contribution in [0.2, 0.25) is 0 Å². The van der Waals surface area contributed by atoms with Crippen LogP contribution in [0.3, 0.4) is 0 Å². The van der Waals surface area contributed by atoms with Gasteiger partial charge in [0.2, 0.25) is 0 Å². The molecular formula is C21H19N3O5S. The van der Waals surface area contributed by atoms with Crippen molar-refractivity contribution in [3.8, 4) is 5.75 Å². The van der Waals surface area contributed by atoms with Crippen LogP contribution in [-0.2, 0) is 0 Å². The number of rotatable bonds is 6. The number of nitro benzene ring substituents is 1. The number of nitrogens with zero attached hydrogens (tertiary/aromatic N) is 2. The van der Waals surface area contributed by atoms with Gasteiger partial charge in [0, 0.05) is 31.8 Å². The Balaban J connectivity index is 1.97. The third kappa shape index (κ3) is 4.64. The Bertz CT molecular complexity index is 1270. The molecule has 0 unspecified atom stereocenters. The molecule has 0 aliphatic carbocycles. The molecule has 1 heterocycles. The summed E-state index contributed by atoms with van der Waals surface area (Å²) in [6, 6.07) is 11.4. The Labute approximate surface area is 175 Å². The van der Waals surface area contributed by atoms with Gasteiger partial charge in [-0.05, 0) is 42.0 Å². The van der Waals surface area contributed by atoms with Gasteiger partial charge in [-0.15, -0.1) is 11.3 Å². The average Bonchev–Trinajstić information content (AvgIpc) is 3.06. The van der Waals surface area contributed by atoms with Crippen LogP contribution in [0, 0.1) is 10.1 Å². The molecule has 0 spiro atoms. The van der Waals surface area contributed by atoms with Gasteiger partial charge in [0.15, 0.2) is 5.78 Å². The molecule has 0 atom stereocenters. The number of ether oxygens (including phenoxy) is 1. The van der Waals surface area contributed by atoms with E-state index in [1.807, 2.05) is 0 Å². The van der Waals surface area contributed by atoms with Crippen LogP contribution in [-0.4, -0.2) is 36.9 Å². The number of aromatic nitrogens is 1. The van der Waals surface area contributed by atoms with Gasteiger partial charge in [-0.25, -0.2) is 0 Å². The monoisotopic (exact) mass is 425 g/mol. The Hall–Kier alpha value is -3.72. The van der Waals surface area contributed by atoms with E-state index >= 15 is 0 Å². The molecule has 3 aromatic rings. The van der Waals surface area contributed by atoms with Gasteiger partial charge in [0.05, 0.1) is 21.2 Å². The lowest BCUT2D eigenvalue weighted by Crippen LogP contribution is -2.20. The predicted molar refractivity (Wildman–Crippen MR) is 117 cm³/mol. The number of Topliss-reactive ketones (excluding diaryl/α,β-unsaturated/α-hetero) is 1. The molecule has 0 bridgehead atoms. The average molecular weight is 425 g/mol. The highest BCUT2D eigenvalue weighted by Crippen LogP contribution is 2.27. The summed E-state index contributed by atoms with van der Waals surface area (Å²) in [6.45, 7) is 0. The van der Waals surface area contributed by atoms with E-state index in [-0.39, 0.29) is 17.0 Å². The molecular weight excluding hydrogens is 406 g/mol. The fraction of sp³-hybridized carbons (Fsp3) is 0.143. The lowest BCUT2D eigenvalue weighted by molar-refractivity contribution is -0.384. The second-order valence-electron chi connectivity index (χ2n) is 6.57. The molecule has 2 aromatic carbocycles. The smallest absolute Gasteiger partial charge is 0.293 e. The molecule has 8 nitrogen and oxygen atoms in total. The Morgan fingerprint density at radius 2 is 1.90 bits per heavy atom. The minimum atomic E-state index is -0.460. The van der Waals surface area contributed by atoms with Crippen LogP contribution < -0.4 is 24.4 Å². The van der Waals surface area contributed by atoms with E-state index in [2.05, 4.69) is 4.98 Å². The van der Waals surface area contributed by atoms with Crippen molar-refractivity contribution in [2.24, 2.45) is 0 Å². The highest BCUT2D eigenvalue weighted by atomic mass is 32.1. The van der Waals surface area contributed by atoms with Crippen LogP contribution in [0.25, 0.3) is 12.2 Å². The van der Waals surface area contributed by atoms with Crippen LogP contribution >= 0.6 is 11.3 Å². The van der Waals surface area contributed by atoms with Crippen molar-refractivity contribution in [3.05, 3.63) is 83.3 Å². The van der Waals surface area contributed by atoms with Gasteiger partial charge in [-0.2, -0.15) is 0 Å². The molecule has 1 aromatic heterocycles. The summed E-state index contributed by atoms with van der Waals surface area (Å²) in [7, 11) is 4.98. The molecule has 0 radical (unpaired) electrons. The molecule has 1 N–H and O–H groups in total. The number of nitrogens with one attached hydrogen (secondary N) is 1. The van der Waals surface area contributed by atoms with Gasteiger partial charge < -0.3 is 14.6 Å². The molecule has 0 aliphatic rings. The molecule has 9 heteroatoms. The summed E-state index contributed by atoms with van der Waals surface area (Å²) in [6.07, 6.45) is 2.91. The van der Waals surface area contributed by atoms with Crippen LogP contribution in [0.1, 0.15) is 15.9 Å². The van der Waals surface area contributed by atoms with Crippen LogP contribution in [0.5, 0.6) is 5.75 Å². The number of benzene rings is 2. The third-order valence-electron chi connectivity index (χ3n) is 4.29. The largest absolute Gasteiger partial charge is 0.497 e. The Morgan fingerprint density at radius 1 is 1.20 bits per heavy atom. The van der Waals surface area contributed by atoms with E-state index in [4.69, 9.17) is 4.74 Å². The zero-order valence-corrected chi connectivity index (χ0v) is 17.4. The van der Waals surface area contributed by atoms with Gasteiger partial charge in [-0.1, -0.05) is 6.07 Å². The van der Waals surface area contributed by atoms with E-state index < -0.39 is 4.92 Å². The zero-order valence-electron chi connectivity index (χ0n) is 16.5. The summed E-state index contributed by atoms with van der Waals surface area (Å²) in [5.74, 6) is 0.384. The Kier molecular flexibility index (Phi) is 6.12. The maximum atomic E-state index is 12.4. The highest BCUT2D eigenvalue weighted by molar-refractivity contribution is 7.07. The fourth-order valence-corrected chi connectivity index (χ4v) is 3.67. The van der Waals surface area contributed by atoms with Crippen molar-refractivity contribution >= 4 is 40.6 Å². The first kappa shape index (κ1) is 21.0. The number of H-pyrrole nitrogens is 1. The van der Waals surface area contributed by atoms with E-state index in [9.17, 15) is 19.7 Å². The lowest BCUT2D eigenvalue weighted by atomic mass is 10.1. The number of carbonyl (C=O) groups is 1. The van der Waals surface area contributed by atoms with Gasteiger partial charge in [0.1, 0.15) is 11.4 Å². The van der Waals surface area contributed by atoms with Crippen molar-refractivity contribution in [1.29, 1.82) is 0 Å². The SMILES string of the molecule is COc1ccc(C(=O)/C=c2\[nH]c(=O)/c(=C\c3ccc(N(C)C)c([N+](=O)[O-])c3)s2)cc1. The molecule has 0 saturated carbocycles.